The molecule has 0 unspecified atom stereocenters. The van der Waals surface area contributed by atoms with Gasteiger partial charge < -0.3 is 4.57 Å². The number of amides is 1. The van der Waals surface area contributed by atoms with Gasteiger partial charge in [0.05, 0.1) is 17.2 Å². The lowest BCUT2D eigenvalue weighted by atomic mass is 10.2. The van der Waals surface area contributed by atoms with Crippen molar-refractivity contribution >= 4 is 28.3 Å². The van der Waals surface area contributed by atoms with Crippen LogP contribution < -0.4 is 4.80 Å². The number of nitrogens with zero attached hydrogens (tertiary/aromatic N) is 4. The third kappa shape index (κ3) is 3.39. The predicted molar refractivity (Wildman–Crippen MR) is 97.3 cm³/mol. The summed E-state index contributed by atoms with van der Waals surface area (Å²) in [5.41, 5.74) is 2.85. The van der Waals surface area contributed by atoms with E-state index < -0.39 is 0 Å². The first kappa shape index (κ1) is 15.4. The summed E-state index contributed by atoms with van der Waals surface area (Å²) in [6.45, 7) is 0.667. The number of rotatable bonds is 3. The summed E-state index contributed by atoms with van der Waals surface area (Å²) in [6, 6.07) is 17.5. The lowest BCUT2D eigenvalue weighted by molar-refractivity contribution is 0.0993. The summed E-state index contributed by atoms with van der Waals surface area (Å²) in [4.78, 5) is 26.0. The second-order valence-corrected chi connectivity index (χ2v) is 6.33. The van der Waals surface area contributed by atoms with E-state index in [1.165, 1.54) is 17.5 Å². The van der Waals surface area contributed by atoms with Gasteiger partial charge in [-0.2, -0.15) is 4.99 Å². The quantitative estimate of drug-likeness (QED) is 0.572. The van der Waals surface area contributed by atoms with Gasteiger partial charge in [-0.1, -0.05) is 42.5 Å². The zero-order valence-electron chi connectivity index (χ0n) is 13.2. The molecule has 0 spiro atoms. The molecule has 5 nitrogen and oxygen atoms in total. The molecule has 2 aromatic heterocycles. The summed E-state index contributed by atoms with van der Waals surface area (Å²) in [5, 5.41) is 1.92. The van der Waals surface area contributed by atoms with Crippen LogP contribution in [0.1, 0.15) is 16.1 Å². The molecule has 25 heavy (non-hydrogen) atoms. The van der Waals surface area contributed by atoms with Crippen molar-refractivity contribution < 1.29 is 4.79 Å². The molecule has 2 heterocycles. The lowest BCUT2D eigenvalue weighted by Gasteiger charge is -2.03. The van der Waals surface area contributed by atoms with Crippen molar-refractivity contribution in [2.45, 2.75) is 6.54 Å². The van der Waals surface area contributed by atoms with Crippen LogP contribution in [0, 0.1) is 0 Å². The third-order valence-corrected chi connectivity index (χ3v) is 4.51. The molecule has 0 fully saturated rings. The van der Waals surface area contributed by atoms with E-state index >= 15 is 0 Å². The SMILES string of the molecule is O=C(N=c1sccn1Cc1ccccc1)c1cnc2ccccc2n1. The molecule has 0 aliphatic carbocycles. The van der Waals surface area contributed by atoms with E-state index in [4.69, 9.17) is 0 Å². The van der Waals surface area contributed by atoms with Gasteiger partial charge in [-0.15, -0.1) is 11.3 Å². The maximum absolute atomic E-state index is 12.5. The van der Waals surface area contributed by atoms with Crippen LogP contribution in [0.4, 0.5) is 0 Å². The van der Waals surface area contributed by atoms with Gasteiger partial charge in [0.1, 0.15) is 5.69 Å². The van der Waals surface area contributed by atoms with Crippen molar-refractivity contribution in [3.05, 3.63) is 88.4 Å². The highest BCUT2D eigenvalue weighted by molar-refractivity contribution is 7.07. The average Bonchev–Trinajstić information content (AvgIpc) is 3.08. The Morgan fingerprint density at radius 3 is 2.64 bits per heavy atom. The molecule has 0 aliphatic rings. The maximum atomic E-state index is 12.5. The van der Waals surface area contributed by atoms with Crippen molar-refractivity contribution in [2.75, 3.05) is 0 Å². The summed E-state index contributed by atoms with van der Waals surface area (Å²) in [7, 11) is 0. The van der Waals surface area contributed by atoms with Crippen molar-refractivity contribution in [2.24, 2.45) is 4.99 Å². The topological polar surface area (TPSA) is 60.1 Å². The fourth-order valence-corrected chi connectivity index (χ4v) is 3.22. The van der Waals surface area contributed by atoms with Gasteiger partial charge in [0.25, 0.3) is 5.91 Å². The normalized spacial score (nSPS) is 11.8. The zero-order chi connectivity index (χ0) is 17.1. The highest BCUT2D eigenvalue weighted by Crippen LogP contribution is 2.09. The van der Waals surface area contributed by atoms with Gasteiger partial charge in [-0.3, -0.25) is 9.78 Å². The lowest BCUT2D eigenvalue weighted by Crippen LogP contribution is -2.17. The molecule has 122 valence electrons. The number of hydrogen-bond donors (Lipinski definition) is 0. The van der Waals surface area contributed by atoms with E-state index in [0.29, 0.717) is 16.9 Å². The Kier molecular flexibility index (Phi) is 4.18. The van der Waals surface area contributed by atoms with Crippen molar-refractivity contribution in [1.29, 1.82) is 0 Å². The van der Waals surface area contributed by atoms with Crippen LogP contribution in [0.5, 0.6) is 0 Å². The molecule has 2 aromatic carbocycles. The summed E-state index contributed by atoms with van der Waals surface area (Å²) in [6.07, 6.45) is 3.40. The molecule has 1 amide bonds. The molecule has 0 saturated carbocycles. The minimum absolute atomic E-state index is 0.248. The second kappa shape index (κ2) is 6.78. The molecule has 0 N–H and O–H groups in total. The van der Waals surface area contributed by atoms with Gasteiger partial charge in [-0.05, 0) is 17.7 Å². The Morgan fingerprint density at radius 2 is 1.80 bits per heavy atom. The molecule has 0 atom stereocenters. The largest absolute Gasteiger partial charge is 0.319 e. The summed E-state index contributed by atoms with van der Waals surface area (Å²) in [5.74, 6) is -0.387. The van der Waals surface area contributed by atoms with Gasteiger partial charge in [0, 0.05) is 18.1 Å². The highest BCUT2D eigenvalue weighted by atomic mass is 32.1. The molecule has 0 radical (unpaired) electrons. The molecule has 4 aromatic rings. The van der Waals surface area contributed by atoms with E-state index in [1.807, 2.05) is 70.7 Å². The Labute approximate surface area is 148 Å². The Balaban J connectivity index is 1.66. The Hall–Kier alpha value is -3.12. The number of hydrogen-bond acceptors (Lipinski definition) is 4. The smallest absolute Gasteiger partial charge is 0.299 e. The first-order chi connectivity index (χ1) is 12.3. The molecular weight excluding hydrogens is 332 g/mol. The predicted octanol–water partition coefficient (Wildman–Crippen LogP) is 3.28. The minimum atomic E-state index is -0.387. The van der Waals surface area contributed by atoms with Crippen LogP contribution in [0.15, 0.2) is 77.4 Å². The first-order valence-corrected chi connectivity index (χ1v) is 8.66. The van der Waals surface area contributed by atoms with Crippen molar-refractivity contribution in [3.63, 3.8) is 0 Å². The van der Waals surface area contributed by atoms with Gasteiger partial charge in [-0.25, -0.2) is 4.98 Å². The average molecular weight is 346 g/mol. The van der Waals surface area contributed by atoms with Crippen molar-refractivity contribution in [3.8, 4) is 0 Å². The summed E-state index contributed by atoms with van der Waals surface area (Å²) >= 11 is 1.42. The monoisotopic (exact) mass is 346 g/mol. The van der Waals surface area contributed by atoms with Gasteiger partial charge in [0.2, 0.25) is 0 Å². The van der Waals surface area contributed by atoms with Crippen LogP contribution in [0.3, 0.4) is 0 Å². The summed E-state index contributed by atoms with van der Waals surface area (Å²) < 4.78 is 1.95. The fourth-order valence-electron chi connectivity index (χ4n) is 2.49. The zero-order valence-corrected chi connectivity index (χ0v) is 14.1. The molecule has 4 rings (SSSR count). The van der Waals surface area contributed by atoms with E-state index in [1.54, 1.807) is 0 Å². The standard InChI is InChI=1S/C19H14N4OS/c24-18(17-12-20-15-8-4-5-9-16(15)21-17)22-19-23(10-11-25-19)13-14-6-2-1-3-7-14/h1-12H,13H2. The van der Waals surface area contributed by atoms with E-state index in [-0.39, 0.29) is 11.6 Å². The number of benzene rings is 2. The Morgan fingerprint density at radius 1 is 1.04 bits per heavy atom. The molecule has 0 bridgehead atoms. The van der Waals surface area contributed by atoms with Gasteiger partial charge >= 0.3 is 0 Å². The van der Waals surface area contributed by atoms with E-state index in [2.05, 4.69) is 15.0 Å². The second-order valence-electron chi connectivity index (χ2n) is 5.46. The Bertz CT molecular complexity index is 1100. The maximum Gasteiger partial charge on any atom is 0.299 e. The van der Waals surface area contributed by atoms with E-state index in [9.17, 15) is 4.79 Å². The number of carbonyl (C=O) groups is 1. The minimum Gasteiger partial charge on any atom is -0.319 e. The van der Waals surface area contributed by atoms with Gasteiger partial charge in [0.15, 0.2) is 4.80 Å². The van der Waals surface area contributed by atoms with Crippen LogP contribution in [0.2, 0.25) is 0 Å². The van der Waals surface area contributed by atoms with Crippen molar-refractivity contribution in [1.82, 2.24) is 14.5 Å². The molecule has 0 aliphatic heterocycles. The number of thiazole rings is 1. The number of aromatic nitrogens is 3. The first-order valence-electron chi connectivity index (χ1n) is 7.78. The highest BCUT2D eigenvalue weighted by Gasteiger charge is 2.09. The number of carbonyl (C=O) groups excluding carboxylic acids is 1. The number of fused-ring (bicyclic) bond motifs is 1. The third-order valence-electron chi connectivity index (χ3n) is 3.72. The van der Waals surface area contributed by atoms with E-state index in [0.717, 1.165) is 11.1 Å². The van der Waals surface area contributed by atoms with Crippen LogP contribution in [-0.4, -0.2) is 20.4 Å². The van der Waals surface area contributed by atoms with Crippen LogP contribution in [0.25, 0.3) is 11.0 Å². The molecular formula is C19H14N4OS. The molecule has 6 heteroatoms. The number of para-hydroxylation sites is 2. The van der Waals surface area contributed by atoms with Crippen LogP contribution >= 0.6 is 11.3 Å². The van der Waals surface area contributed by atoms with Crippen LogP contribution in [-0.2, 0) is 6.54 Å². The fraction of sp³-hybridized carbons (Fsp3) is 0.0526. The molecule has 0 saturated heterocycles.